The highest BCUT2D eigenvalue weighted by Gasteiger charge is 2.12. The number of fused-ring (bicyclic) bond motifs is 1. The standard InChI is InChI=1S/C13H9N5O2S3/c1-7-17-18-10(19)5-8(14-12(18)23-7)6-22-13-16-15-11(20-13)9-3-2-4-21-9/h2-5H,6H2,1H3. The first-order chi connectivity index (χ1) is 11.2. The maximum absolute atomic E-state index is 12.0. The third-order valence-corrected chi connectivity index (χ3v) is 5.41. The summed E-state index contributed by atoms with van der Waals surface area (Å²) >= 11 is 4.28. The highest BCUT2D eigenvalue weighted by atomic mass is 32.2. The van der Waals surface area contributed by atoms with E-state index in [1.807, 2.05) is 24.4 Å². The quantitative estimate of drug-likeness (QED) is 0.515. The maximum Gasteiger partial charge on any atom is 0.277 e. The van der Waals surface area contributed by atoms with Crippen molar-refractivity contribution in [1.82, 2.24) is 24.8 Å². The normalized spacial score (nSPS) is 11.3. The van der Waals surface area contributed by atoms with Crippen molar-refractivity contribution in [2.45, 2.75) is 17.9 Å². The Morgan fingerprint density at radius 3 is 3.13 bits per heavy atom. The summed E-state index contributed by atoms with van der Waals surface area (Å²) < 4.78 is 6.92. The summed E-state index contributed by atoms with van der Waals surface area (Å²) in [5.41, 5.74) is 0.485. The Kier molecular flexibility index (Phi) is 3.71. The highest BCUT2D eigenvalue weighted by molar-refractivity contribution is 7.98. The number of thioether (sulfide) groups is 1. The van der Waals surface area contributed by atoms with E-state index in [2.05, 4.69) is 20.3 Å². The third-order valence-electron chi connectivity index (χ3n) is 2.88. The second-order valence-corrected chi connectivity index (χ2v) is 7.57. The number of nitrogens with zero attached hydrogens (tertiary/aromatic N) is 5. The van der Waals surface area contributed by atoms with Gasteiger partial charge in [0, 0.05) is 11.8 Å². The SMILES string of the molecule is Cc1nn2c(=O)cc(CSc3nnc(-c4cccs4)o3)nc2s1. The Balaban J connectivity index is 1.54. The molecule has 4 aromatic heterocycles. The van der Waals surface area contributed by atoms with E-state index in [0.717, 1.165) is 9.88 Å². The summed E-state index contributed by atoms with van der Waals surface area (Å²) in [4.78, 5) is 18.0. The van der Waals surface area contributed by atoms with Crippen molar-refractivity contribution in [3.05, 3.63) is 44.6 Å². The largest absolute Gasteiger partial charge is 0.410 e. The van der Waals surface area contributed by atoms with Crippen molar-refractivity contribution in [2.24, 2.45) is 0 Å². The molecule has 4 aromatic rings. The molecule has 4 heterocycles. The van der Waals surface area contributed by atoms with Gasteiger partial charge in [-0.3, -0.25) is 4.79 Å². The Morgan fingerprint density at radius 1 is 1.39 bits per heavy atom. The average Bonchev–Trinajstić information content (AvgIpc) is 3.24. The van der Waals surface area contributed by atoms with Gasteiger partial charge in [-0.2, -0.15) is 9.61 Å². The van der Waals surface area contributed by atoms with Gasteiger partial charge in [0.15, 0.2) is 0 Å². The zero-order valence-electron chi connectivity index (χ0n) is 11.8. The van der Waals surface area contributed by atoms with Crippen LogP contribution in [0.5, 0.6) is 0 Å². The summed E-state index contributed by atoms with van der Waals surface area (Å²) in [6, 6.07) is 5.34. The number of aromatic nitrogens is 5. The molecule has 0 fully saturated rings. The van der Waals surface area contributed by atoms with Gasteiger partial charge in [-0.1, -0.05) is 29.2 Å². The monoisotopic (exact) mass is 363 g/mol. The molecule has 0 N–H and O–H groups in total. The Hall–Kier alpha value is -2.04. The lowest BCUT2D eigenvalue weighted by Crippen LogP contribution is -2.15. The van der Waals surface area contributed by atoms with Crippen LogP contribution >= 0.6 is 34.4 Å². The minimum absolute atomic E-state index is 0.181. The number of rotatable bonds is 4. The van der Waals surface area contributed by atoms with E-state index < -0.39 is 0 Å². The molecule has 116 valence electrons. The molecule has 0 saturated carbocycles. The van der Waals surface area contributed by atoms with Gasteiger partial charge in [0.05, 0.1) is 10.6 Å². The first-order valence-corrected chi connectivity index (χ1v) is 9.24. The van der Waals surface area contributed by atoms with E-state index in [1.54, 1.807) is 11.3 Å². The smallest absolute Gasteiger partial charge is 0.277 e. The molecule has 0 atom stereocenters. The lowest BCUT2D eigenvalue weighted by atomic mass is 10.4. The van der Waals surface area contributed by atoms with Gasteiger partial charge in [0.25, 0.3) is 16.7 Å². The molecule has 0 spiro atoms. The van der Waals surface area contributed by atoms with E-state index >= 15 is 0 Å². The van der Waals surface area contributed by atoms with Crippen molar-refractivity contribution >= 4 is 39.4 Å². The predicted octanol–water partition coefficient (Wildman–Crippen LogP) is 2.86. The lowest BCUT2D eigenvalue weighted by molar-refractivity contribution is 0.466. The average molecular weight is 363 g/mol. The molecule has 0 aromatic carbocycles. The van der Waals surface area contributed by atoms with E-state index in [-0.39, 0.29) is 5.56 Å². The van der Waals surface area contributed by atoms with Crippen LogP contribution in [0.15, 0.2) is 38.0 Å². The molecular weight excluding hydrogens is 354 g/mol. The maximum atomic E-state index is 12.0. The molecule has 0 bridgehead atoms. The van der Waals surface area contributed by atoms with E-state index in [4.69, 9.17) is 4.42 Å². The second-order valence-electron chi connectivity index (χ2n) is 4.54. The summed E-state index contributed by atoms with van der Waals surface area (Å²) in [5, 5.41) is 15.4. The highest BCUT2D eigenvalue weighted by Crippen LogP contribution is 2.27. The molecule has 10 heteroatoms. The summed E-state index contributed by atoms with van der Waals surface area (Å²) in [6.45, 7) is 1.84. The molecular formula is C13H9N5O2S3. The summed E-state index contributed by atoms with van der Waals surface area (Å²) in [7, 11) is 0. The fraction of sp³-hybridized carbons (Fsp3) is 0.154. The van der Waals surface area contributed by atoms with Crippen LogP contribution in [0.2, 0.25) is 0 Å². The van der Waals surface area contributed by atoms with Crippen LogP contribution in [0.25, 0.3) is 15.7 Å². The van der Waals surface area contributed by atoms with Crippen molar-refractivity contribution in [3.8, 4) is 10.8 Å². The number of hydrogen-bond acceptors (Lipinski definition) is 9. The molecule has 0 saturated heterocycles. The number of hydrogen-bond donors (Lipinski definition) is 0. The third kappa shape index (κ3) is 2.92. The van der Waals surface area contributed by atoms with Gasteiger partial charge >= 0.3 is 0 Å². The minimum Gasteiger partial charge on any atom is -0.410 e. The van der Waals surface area contributed by atoms with Crippen LogP contribution in [0, 0.1) is 6.92 Å². The van der Waals surface area contributed by atoms with Crippen molar-refractivity contribution in [1.29, 1.82) is 0 Å². The lowest BCUT2D eigenvalue weighted by Gasteiger charge is -1.97. The zero-order valence-corrected chi connectivity index (χ0v) is 14.2. The van der Waals surface area contributed by atoms with Gasteiger partial charge in [-0.25, -0.2) is 4.98 Å². The van der Waals surface area contributed by atoms with Crippen LogP contribution in [-0.4, -0.2) is 24.8 Å². The molecule has 0 unspecified atom stereocenters. The van der Waals surface area contributed by atoms with Gasteiger partial charge in [-0.05, 0) is 18.4 Å². The summed E-state index contributed by atoms with van der Waals surface area (Å²) in [6.07, 6.45) is 0. The van der Waals surface area contributed by atoms with Gasteiger partial charge in [0.2, 0.25) is 4.96 Å². The van der Waals surface area contributed by atoms with Gasteiger partial charge in [0.1, 0.15) is 5.01 Å². The summed E-state index contributed by atoms with van der Waals surface area (Å²) in [5.74, 6) is 0.985. The fourth-order valence-corrected chi connectivity index (χ4v) is 4.00. The van der Waals surface area contributed by atoms with E-state index in [0.29, 0.717) is 27.5 Å². The van der Waals surface area contributed by atoms with Gasteiger partial charge < -0.3 is 4.42 Å². The molecule has 0 amide bonds. The Bertz CT molecular complexity index is 1020. The fourth-order valence-electron chi connectivity index (χ4n) is 1.93. The Morgan fingerprint density at radius 2 is 2.30 bits per heavy atom. The van der Waals surface area contributed by atoms with Gasteiger partial charge in [-0.15, -0.1) is 21.5 Å². The first kappa shape index (κ1) is 14.5. The van der Waals surface area contributed by atoms with Crippen molar-refractivity contribution in [3.63, 3.8) is 0 Å². The van der Waals surface area contributed by atoms with E-state index in [9.17, 15) is 4.79 Å². The second kappa shape index (κ2) is 5.87. The molecule has 0 radical (unpaired) electrons. The van der Waals surface area contributed by atoms with Crippen LogP contribution < -0.4 is 5.56 Å². The molecule has 23 heavy (non-hydrogen) atoms. The first-order valence-electron chi connectivity index (χ1n) is 6.55. The van der Waals surface area contributed by atoms with Crippen molar-refractivity contribution < 1.29 is 4.42 Å². The van der Waals surface area contributed by atoms with Crippen LogP contribution in [0.3, 0.4) is 0 Å². The topological polar surface area (TPSA) is 86.2 Å². The van der Waals surface area contributed by atoms with Crippen LogP contribution in [0.4, 0.5) is 0 Å². The minimum atomic E-state index is -0.181. The van der Waals surface area contributed by atoms with Crippen LogP contribution in [-0.2, 0) is 5.75 Å². The molecule has 4 rings (SSSR count). The molecule has 0 aliphatic rings. The number of thiophene rings is 1. The van der Waals surface area contributed by atoms with Crippen molar-refractivity contribution in [2.75, 3.05) is 0 Å². The Labute approximate surface area is 142 Å². The number of aryl methyl sites for hydroxylation is 1. The molecule has 0 aliphatic heterocycles. The van der Waals surface area contributed by atoms with Crippen LogP contribution in [0.1, 0.15) is 10.7 Å². The predicted molar refractivity (Wildman–Crippen MR) is 89.0 cm³/mol. The molecule has 0 aliphatic carbocycles. The zero-order chi connectivity index (χ0) is 15.8. The molecule has 7 nitrogen and oxygen atoms in total. The van der Waals surface area contributed by atoms with E-state index in [1.165, 1.54) is 33.7 Å².